The monoisotopic (exact) mass is 639 g/mol. The Bertz CT molecular complexity index is 937. The lowest BCUT2D eigenvalue weighted by molar-refractivity contribution is -0.123. The highest BCUT2D eigenvalue weighted by molar-refractivity contribution is 14.1. The van der Waals surface area contributed by atoms with Gasteiger partial charge in [0, 0.05) is 11.1 Å². The van der Waals surface area contributed by atoms with Crippen molar-refractivity contribution in [2.75, 3.05) is 0 Å². The molecule has 28 heavy (non-hydrogen) atoms. The SMILES string of the molecule is CC(C)N1C(=O)S/C(=C\c2cc(I)c(OCc3ccc(Cl)cc3)c(I)c2)C1=O. The second kappa shape index (κ2) is 9.36. The van der Waals surface area contributed by atoms with Crippen molar-refractivity contribution >= 4 is 85.8 Å². The zero-order valence-electron chi connectivity index (χ0n) is 15.0. The van der Waals surface area contributed by atoms with E-state index in [1.54, 1.807) is 6.08 Å². The van der Waals surface area contributed by atoms with E-state index < -0.39 is 0 Å². The lowest BCUT2D eigenvalue weighted by atomic mass is 10.2. The minimum absolute atomic E-state index is 0.151. The van der Waals surface area contributed by atoms with Crippen molar-refractivity contribution in [3.8, 4) is 5.75 Å². The molecule has 2 aromatic rings. The second-order valence-electron chi connectivity index (χ2n) is 6.37. The van der Waals surface area contributed by atoms with Crippen LogP contribution in [0.2, 0.25) is 5.02 Å². The summed E-state index contributed by atoms with van der Waals surface area (Å²) in [5.41, 5.74) is 1.89. The van der Waals surface area contributed by atoms with Gasteiger partial charge in [-0.05, 0) is 112 Å². The number of nitrogens with zero attached hydrogens (tertiary/aromatic N) is 1. The summed E-state index contributed by atoms with van der Waals surface area (Å²) in [6, 6.07) is 11.3. The standard InChI is InChI=1S/C20H16ClI2NO3S/c1-11(2)24-19(25)17(28-20(24)26)9-13-7-15(22)18(16(23)8-13)27-10-12-3-5-14(21)6-4-12/h3-9,11H,10H2,1-2H3/b17-9-. The van der Waals surface area contributed by atoms with E-state index >= 15 is 0 Å². The van der Waals surface area contributed by atoms with Crippen molar-refractivity contribution in [3.63, 3.8) is 0 Å². The van der Waals surface area contributed by atoms with E-state index in [4.69, 9.17) is 16.3 Å². The fraction of sp³-hybridized carbons (Fsp3) is 0.200. The van der Waals surface area contributed by atoms with Crippen LogP contribution < -0.4 is 4.74 Å². The zero-order valence-corrected chi connectivity index (χ0v) is 20.9. The third-order valence-electron chi connectivity index (χ3n) is 3.95. The molecule has 0 N–H and O–H groups in total. The van der Waals surface area contributed by atoms with Crippen LogP contribution in [0.15, 0.2) is 41.3 Å². The Morgan fingerprint density at radius 2 is 1.75 bits per heavy atom. The number of thioether (sulfide) groups is 1. The summed E-state index contributed by atoms with van der Waals surface area (Å²) in [5, 5.41) is 0.470. The van der Waals surface area contributed by atoms with E-state index in [0.29, 0.717) is 16.5 Å². The van der Waals surface area contributed by atoms with Crippen molar-refractivity contribution in [1.29, 1.82) is 0 Å². The van der Waals surface area contributed by atoms with Crippen LogP contribution in [0, 0.1) is 7.14 Å². The molecule has 1 aliphatic heterocycles. The van der Waals surface area contributed by atoms with Crippen molar-refractivity contribution in [2.24, 2.45) is 0 Å². The number of rotatable bonds is 5. The minimum Gasteiger partial charge on any atom is -0.487 e. The Hall–Kier alpha value is -0.780. The molecule has 0 spiro atoms. The topological polar surface area (TPSA) is 46.6 Å². The molecule has 2 amide bonds. The van der Waals surface area contributed by atoms with Gasteiger partial charge in [0.15, 0.2) is 0 Å². The molecule has 0 saturated carbocycles. The van der Waals surface area contributed by atoms with Crippen LogP contribution in [0.5, 0.6) is 5.75 Å². The summed E-state index contributed by atoms with van der Waals surface area (Å²) < 4.78 is 7.87. The highest BCUT2D eigenvalue weighted by Gasteiger charge is 2.36. The molecule has 8 heteroatoms. The Morgan fingerprint density at radius 3 is 2.29 bits per heavy atom. The molecular weight excluding hydrogens is 624 g/mol. The fourth-order valence-electron chi connectivity index (χ4n) is 2.61. The zero-order chi connectivity index (χ0) is 20.4. The molecule has 2 aromatic carbocycles. The number of hydrogen-bond acceptors (Lipinski definition) is 4. The van der Waals surface area contributed by atoms with Gasteiger partial charge in [-0.1, -0.05) is 23.7 Å². The van der Waals surface area contributed by atoms with E-state index in [0.717, 1.165) is 35.8 Å². The van der Waals surface area contributed by atoms with Crippen LogP contribution in [0.4, 0.5) is 4.79 Å². The van der Waals surface area contributed by atoms with E-state index in [1.807, 2.05) is 50.2 Å². The summed E-state index contributed by atoms with van der Waals surface area (Å²) in [6.45, 7) is 4.10. The van der Waals surface area contributed by atoms with Crippen molar-refractivity contribution < 1.29 is 14.3 Å². The Balaban J connectivity index is 1.79. The van der Waals surface area contributed by atoms with Gasteiger partial charge < -0.3 is 4.74 Å². The summed E-state index contributed by atoms with van der Waals surface area (Å²) in [7, 11) is 0. The van der Waals surface area contributed by atoms with Crippen molar-refractivity contribution in [3.05, 3.63) is 64.6 Å². The predicted octanol–water partition coefficient (Wildman–Crippen LogP) is 6.57. The number of halogens is 3. The number of benzene rings is 2. The van der Waals surface area contributed by atoms with Crippen molar-refractivity contribution in [2.45, 2.75) is 26.5 Å². The molecule has 1 saturated heterocycles. The Morgan fingerprint density at radius 1 is 1.14 bits per heavy atom. The van der Waals surface area contributed by atoms with Crippen LogP contribution >= 0.6 is 68.5 Å². The van der Waals surface area contributed by atoms with Gasteiger partial charge in [0.05, 0.1) is 12.0 Å². The van der Waals surface area contributed by atoms with Crippen LogP contribution in [-0.4, -0.2) is 22.1 Å². The lowest BCUT2D eigenvalue weighted by Crippen LogP contribution is -2.34. The number of carbonyl (C=O) groups excluding carboxylic acids is 2. The smallest absolute Gasteiger partial charge is 0.293 e. The van der Waals surface area contributed by atoms with Gasteiger partial charge in [-0.15, -0.1) is 0 Å². The molecule has 146 valence electrons. The predicted molar refractivity (Wildman–Crippen MR) is 131 cm³/mol. The van der Waals surface area contributed by atoms with Gasteiger partial charge in [0.25, 0.3) is 11.1 Å². The van der Waals surface area contributed by atoms with Crippen molar-refractivity contribution in [1.82, 2.24) is 4.90 Å². The highest BCUT2D eigenvalue weighted by atomic mass is 127. The first kappa shape index (κ1) is 21.9. The van der Waals surface area contributed by atoms with Gasteiger partial charge in [-0.3, -0.25) is 14.5 Å². The molecule has 0 aliphatic carbocycles. The maximum atomic E-state index is 12.5. The fourth-order valence-corrected chi connectivity index (χ4v) is 5.83. The number of ether oxygens (including phenoxy) is 1. The molecule has 3 rings (SSSR count). The molecule has 0 atom stereocenters. The summed E-state index contributed by atoms with van der Waals surface area (Å²) in [6.07, 6.45) is 1.76. The van der Waals surface area contributed by atoms with Gasteiger partial charge in [-0.25, -0.2) is 0 Å². The lowest BCUT2D eigenvalue weighted by Gasteiger charge is -2.16. The quantitative estimate of drug-likeness (QED) is 0.274. The van der Waals surface area contributed by atoms with E-state index in [2.05, 4.69) is 45.2 Å². The minimum atomic E-state index is -0.238. The third-order valence-corrected chi connectivity index (χ3v) is 6.69. The van der Waals surface area contributed by atoms with Crippen LogP contribution in [0.3, 0.4) is 0 Å². The summed E-state index contributed by atoms with van der Waals surface area (Å²) >= 11 is 11.3. The van der Waals surface area contributed by atoms with Crippen LogP contribution in [0.1, 0.15) is 25.0 Å². The average Bonchev–Trinajstić information content (AvgIpc) is 2.89. The number of imide groups is 1. The maximum Gasteiger partial charge on any atom is 0.293 e. The van der Waals surface area contributed by atoms with E-state index in [9.17, 15) is 9.59 Å². The van der Waals surface area contributed by atoms with Gasteiger partial charge in [-0.2, -0.15) is 0 Å². The normalized spacial score (nSPS) is 15.8. The number of hydrogen-bond donors (Lipinski definition) is 0. The molecule has 0 aromatic heterocycles. The van der Waals surface area contributed by atoms with Crippen LogP contribution in [0.25, 0.3) is 6.08 Å². The average molecular weight is 640 g/mol. The molecule has 1 fully saturated rings. The van der Waals surface area contributed by atoms with Gasteiger partial charge in [0.1, 0.15) is 12.4 Å². The van der Waals surface area contributed by atoms with Crippen LogP contribution in [-0.2, 0) is 11.4 Å². The highest BCUT2D eigenvalue weighted by Crippen LogP contribution is 2.35. The molecule has 0 radical (unpaired) electrons. The number of amides is 2. The molecule has 4 nitrogen and oxygen atoms in total. The molecule has 0 bridgehead atoms. The Kier molecular flexibility index (Phi) is 7.32. The van der Waals surface area contributed by atoms with Gasteiger partial charge >= 0.3 is 0 Å². The summed E-state index contributed by atoms with van der Waals surface area (Å²) in [4.78, 5) is 26.2. The molecule has 0 unspecified atom stereocenters. The maximum absolute atomic E-state index is 12.5. The molecule has 1 heterocycles. The third kappa shape index (κ3) is 5.03. The first-order valence-electron chi connectivity index (χ1n) is 8.39. The van der Waals surface area contributed by atoms with E-state index in [-0.39, 0.29) is 17.2 Å². The largest absolute Gasteiger partial charge is 0.487 e. The molecule has 1 aliphatic rings. The van der Waals surface area contributed by atoms with E-state index in [1.165, 1.54) is 4.90 Å². The first-order valence-corrected chi connectivity index (χ1v) is 11.7. The van der Waals surface area contributed by atoms with Gasteiger partial charge in [0.2, 0.25) is 0 Å². The summed E-state index contributed by atoms with van der Waals surface area (Å²) in [5.74, 6) is 0.557. The number of carbonyl (C=O) groups is 2. The first-order chi connectivity index (χ1) is 13.3. The Labute approximate surface area is 200 Å². The molecular formula is C20H16ClI2NO3S. The second-order valence-corrected chi connectivity index (χ2v) is 10.1.